The van der Waals surface area contributed by atoms with Crippen LogP contribution >= 0.6 is 34.4 Å². The van der Waals surface area contributed by atoms with Gasteiger partial charge in [-0.15, -0.1) is 0 Å². The van der Waals surface area contributed by atoms with Gasteiger partial charge in [-0.25, -0.2) is 0 Å². The Labute approximate surface area is 85.8 Å². The number of halogens is 1. The topological polar surface area (TPSA) is 17.1 Å². The molecule has 0 aromatic rings. The highest BCUT2D eigenvalue weighted by Crippen LogP contribution is 2.50. The first-order chi connectivity index (χ1) is 4.83. The lowest BCUT2D eigenvalue weighted by Crippen LogP contribution is -2.19. The fraction of sp³-hybridized carbons (Fsp3) is 0.875. The highest BCUT2D eigenvalue weighted by molar-refractivity contribution is 14.1. The SMILES string of the molecule is CC(C)(C)SC(=O)C1(I)CC1. The molecule has 0 amide bonds. The summed E-state index contributed by atoms with van der Waals surface area (Å²) in [6.45, 7) is 6.24. The van der Waals surface area contributed by atoms with E-state index in [1.807, 2.05) is 0 Å². The summed E-state index contributed by atoms with van der Waals surface area (Å²) in [5, 5.41) is 0.366. The Morgan fingerprint density at radius 3 is 2.18 bits per heavy atom. The van der Waals surface area contributed by atoms with Gasteiger partial charge in [0.05, 0.1) is 3.42 Å². The van der Waals surface area contributed by atoms with E-state index in [1.54, 1.807) is 0 Å². The molecule has 3 heteroatoms. The molecule has 0 spiro atoms. The van der Waals surface area contributed by atoms with Crippen LogP contribution in [0.5, 0.6) is 0 Å². The van der Waals surface area contributed by atoms with Crippen molar-refractivity contribution in [3.8, 4) is 0 Å². The molecule has 64 valence electrons. The van der Waals surface area contributed by atoms with Crippen LogP contribution in [0.4, 0.5) is 0 Å². The molecule has 0 unspecified atom stereocenters. The Bertz CT molecular complexity index is 179. The van der Waals surface area contributed by atoms with Gasteiger partial charge < -0.3 is 0 Å². The normalized spacial score (nSPS) is 21.5. The van der Waals surface area contributed by atoms with E-state index in [9.17, 15) is 4.79 Å². The maximum absolute atomic E-state index is 11.5. The highest BCUT2D eigenvalue weighted by Gasteiger charge is 2.48. The summed E-state index contributed by atoms with van der Waals surface area (Å²) in [5.41, 5.74) is 0. The first-order valence-electron chi connectivity index (χ1n) is 3.76. The summed E-state index contributed by atoms with van der Waals surface area (Å²) < 4.78 is 0.0908. The number of carbonyl (C=O) groups excluding carboxylic acids is 1. The Balaban J connectivity index is 2.45. The second-order valence-corrected chi connectivity index (χ2v) is 7.83. The molecule has 0 aromatic heterocycles. The second-order valence-electron chi connectivity index (χ2n) is 3.97. The zero-order valence-corrected chi connectivity index (χ0v) is 10.1. The first-order valence-corrected chi connectivity index (χ1v) is 5.65. The molecule has 0 aliphatic heterocycles. The fourth-order valence-electron chi connectivity index (χ4n) is 0.683. The number of carbonyl (C=O) groups is 1. The molecular weight excluding hydrogens is 271 g/mol. The lowest BCUT2D eigenvalue weighted by Gasteiger charge is -2.17. The molecule has 0 aromatic carbocycles. The molecule has 1 saturated carbocycles. The molecule has 0 saturated heterocycles. The van der Waals surface area contributed by atoms with E-state index in [4.69, 9.17) is 0 Å². The Morgan fingerprint density at radius 1 is 1.45 bits per heavy atom. The van der Waals surface area contributed by atoms with Gasteiger partial charge in [0.1, 0.15) is 0 Å². The van der Waals surface area contributed by atoms with Crippen molar-refractivity contribution in [2.75, 3.05) is 0 Å². The zero-order chi connectivity index (χ0) is 8.70. The van der Waals surface area contributed by atoms with Crippen LogP contribution in [0.15, 0.2) is 0 Å². The first kappa shape index (κ1) is 9.84. The molecule has 1 fully saturated rings. The van der Waals surface area contributed by atoms with Gasteiger partial charge in [0.25, 0.3) is 0 Å². The average Bonchev–Trinajstić information content (AvgIpc) is 2.44. The molecule has 1 aliphatic rings. The van der Waals surface area contributed by atoms with Crippen LogP contribution in [-0.4, -0.2) is 13.3 Å². The molecule has 0 radical (unpaired) electrons. The van der Waals surface area contributed by atoms with Crippen molar-refractivity contribution in [3.05, 3.63) is 0 Å². The van der Waals surface area contributed by atoms with E-state index >= 15 is 0 Å². The van der Waals surface area contributed by atoms with Crippen LogP contribution in [-0.2, 0) is 4.79 Å². The van der Waals surface area contributed by atoms with Gasteiger partial charge in [0.15, 0.2) is 0 Å². The molecule has 11 heavy (non-hydrogen) atoms. The predicted molar refractivity (Wildman–Crippen MR) is 58.3 cm³/mol. The fourth-order valence-corrected chi connectivity index (χ4v) is 2.23. The number of thioether (sulfide) groups is 1. The Morgan fingerprint density at radius 2 is 1.91 bits per heavy atom. The summed E-state index contributed by atoms with van der Waals surface area (Å²) in [7, 11) is 0. The molecular formula is C8H13IOS. The third kappa shape index (κ3) is 2.93. The maximum atomic E-state index is 11.5. The van der Waals surface area contributed by atoms with Crippen LogP contribution in [0.3, 0.4) is 0 Å². The van der Waals surface area contributed by atoms with E-state index in [-0.39, 0.29) is 8.17 Å². The van der Waals surface area contributed by atoms with Crippen LogP contribution in [0.1, 0.15) is 33.6 Å². The van der Waals surface area contributed by atoms with E-state index in [0.717, 1.165) is 12.8 Å². The van der Waals surface area contributed by atoms with Crippen molar-refractivity contribution >= 4 is 39.5 Å². The van der Waals surface area contributed by atoms with Crippen molar-refractivity contribution in [1.29, 1.82) is 0 Å². The van der Waals surface area contributed by atoms with Gasteiger partial charge in [0, 0.05) is 4.75 Å². The van der Waals surface area contributed by atoms with Crippen molar-refractivity contribution in [2.24, 2.45) is 0 Å². The Kier molecular flexibility index (Phi) is 2.60. The standard InChI is InChI=1S/C8H13IOS/c1-7(2,3)11-6(10)8(9)4-5-8/h4-5H2,1-3H3. The van der Waals surface area contributed by atoms with Gasteiger partial charge >= 0.3 is 0 Å². The number of hydrogen-bond acceptors (Lipinski definition) is 2. The molecule has 1 nitrogen and oxygen atoms in total. The summed E-state index contributed by atoms with van der Waals surface area (Å²) in [4.78, 5) is 11.5. The van der Waals surface area contributed by atoms with Crippen LogP contribution in [0.25, 0.3) is 0 Å². The summed E-state index contributed by atoms with van der Waals surface area (Å²) >= 11 is 3.76. The molecule has 1 aliphatic carbocycles. The van der Waals surface area contributed by atoms with Gasteiger partial charge in [-0.3, -0.25) is 4.79 Å². The largest absolute Gasteiger partial charge is 0.286 e. The third-order valence-corrected chi connectivity index (χ3v) is 4.58. The van der Waals surface area contributed by atoms with Gasteiger partial charge in [0.2, 0.25) is 5.12 Å². The number of hydrogen-bond donors (Lipinski definition) is 0. The molecule has 0 atom stereocenters. The van der Waals surface area contributed by atoms with Crippen molar-refractivity contribution in [1.82, 2.24) is 0 Å². The summed E-state index contributed by atoms with van der Waals surface area (Å²) in [6.07, 6.45) is 2.16. The number of rotatable bonds is 1. The molecule has 0 N–H and O–H groups in total. The molecule has 0 bridgehead atoms. The monoisotopic (exact) mass is 284 g/mol. The van der Waals surface area contributed by atoms with E-state index in [2.05, 4.69) is 43.4 Å². The summed E-state index contributed by atoms with van der Waals surface area (Å²) in [6, 6.07) is 0. The number of alkyl halides is 1. The molecule has 1 rings (SSSR count). The minimum absolute atomic E-state index is 0.00963. The zero-order valence-electron chi connectivity index (χ0n) is 7.11. The van der Waals surface area contributed by atoms with Gasteiger partial charge in [-0.1, -0.05) is 55.1 Å². The van der Waals surface area contributed by atoms with E-state index in [1.165, 1.54) is 11.8 Å². The van der Waals surface area contributed by atoms with E-state index < -0.39 is 0 Å². The van der Waals surface area contributed by atoms with Crippen LogP contribution in [0.2, 0.25) is 0 Å². The molecule has 0 heterocycles. The lowest BCUT2D eigenvalue weighted by molar-refractivity contribution is -0.110. The van der Waals surface area contributed by atoms with Gasteiger partial charge in [-0.2, -0.15) is 0 Å². The van der Waals surface area contributed by atoms with Gasteiger partial charge in [-0.05, 0) is 12.8 Å². The minimum Gasteiger partial charge on any atom is -0.286 e. The summed E-state index contributed by atoms with van der Waals surface area (Å²) in [5.74, 6) is 0. The smallest absolute Gasteiger partial charge is 0.205 e. The van der Waals surface area contributed by atoms with E-state index in [0.29, 0.717) is 5.12 Å². The second kappa shape index (κ2) is 2.91. The average molecular weight is 284 g/mol. The van der Waals surface area contributed by atoms with Crippen molar-refractivity contribution in [2.45, 2.75) is 41.8 Å². The minimum atomic E-state index is 0.00963. The quantitative estimate of drug-likeness (QED) is 0.544. The maximum Gasteiger partial charge on any atom is 0.205 e. The van der Waals surface area contributed by atoms with Crippen LogP contribution < -0.4 is 0 Å². The third-order valence-electron chi connectivity index (χ3n) is 1.45. The van der Waals surface area contributed by atoms with Crippen molar-refractivity contribution < 1.29 is 4.79 Å². The predicted octanol–water partition coefficient (Wildman–Crippen LogP) is 3.01. The Hall–Kier alpha value is 0.750. The van der Waals surface area contributed by atoms with Crippen LogP contribution in [0, 0.1) is 0 Å². The highest BCUT2D eigenvalue weighted by atomic mass is 127. The lowest BCUT2D eigenvalue weighted by atomic mass is 10.3. The van der Waals surface area contributed by atoms with Crippen molar-refractivity contribution in [3.63, 3.8) is 0 Å².